The van der Waals surface area contributed by atoms with Crippen LogP contribution in [-0.4, -0.2) is 66.9 Å². The molecule has 0 N–H and O–H groups in total. The normalized spacial score (nSPS) is 12.4. The van der Waals surface area contributed by atoms with E-state index in [9.17, 15) is 19.2 Å². The first-order valence-electron chi connectivity index (χ1n) is 8.37. The molecule has 1 atom stereocenters. The average molecular weight is 344 g/mol. The Balaban J connectivity index is 4.93. The lowest BCUT2D eigenvalue weighted by atomic mass is 10.2. The van der Waals surface area contributed by atoms with Crippen LogP contribution < -0.4 is 0 Å². The summed E-state index contributed by atoms with van der Waals surface area (Å²) in [6, 6.07) is 0. The fourth-order valence-electron chi connectivity index (χ4n) is 2.49. The van der Waals surface area contributed by atoms with E-state index < -0.39 is 18.0 Å². The Bertz CT molecular complexity index is 448. The van der Waals surface area contributed by atoms with Crippen molar-refractivity contribution >= 4 is 23.5 Å². The molecule has 0 aliphatic heterocycles. The monoisotopic (exact) mass is 344 g/mol. The Morgan fingerprint density at radius 3 is 1.71 bits per heavy atom. The molecular formula is C17H30NO6+. The predicted molar refractivity (Wildman–Crippen MR) is 88.2 cm³/mol. The number of nitrogens with zero attached hydrogens (tertiary/aromatic N) is 1. The Labute approximate surface area is 143 Å². The molecular weight excluding hydrogens is 314 g/mol. The molecule has 0 saturated carbocycles. The zero-order valence-corrected chi connectivity index (χ0v) is 15.4. The van der Waals surface area contributed by atoms with Gasteiger partial charge in [-0.1, -0.05) is 0 Å². The van der Waals surface area contributed by atoms with E-state index in [1.807, 2.05) is 20.8 Å². The van der Waals surface area contributed by atoms with Crippen LogP contribution in [0.5, 0.6) is 0 Å². The second-order valence-electron chi connectivity index (χ2n) is 6.03. The second-order valence-corrected chi connectivity index (χ2v) is 6.03. The van der Waals surface area contributed by atoms with Crippen LogP contribution in [0.25, 0.3) is 0 Å². The van der Waals surface area contributed by atoms with Gasteiger partial charge in [0.25, 0.3) is 0 Å². The van der Waals surface area contributed by atoms with Gasteiger partial charge in [-0.05, 0) is 34.6 Å². The van der Waals surface area contributed by atoms with Gasteiger partial charge in [0.05, 0.1) is 19.6 Å². The quantitative estimate of drug-likeness (QED) is 0.301. The number of ether oxygens (including phenoxy) is 2. The van der Waals surface area contributed by atoms with E-state index in [-0.39, 0.29) is 31.0 Å². The molecule has 24 heavy (non-hydrogen) atoms. The summed E-state index contributed by atoms with van der Waals surface area (Å²) in [5, 5.41) is 0. The fraction of sp³-hybridized carbons (Fsp3) is 0.765. The van der Waals surface area contributed by atoms with Gasteiger partial charge < -0.3 is 14.0 Å². The first-order valence-corrected chi connectivity index (χ1v) is 8.37. The van der Waals surface area contributed by atoms with Gasteiger partial charge in [-0.15, -0.1) is 0 Å². The zero-order chi connectivity index (χ0) is 18.8. The van der Waals surface area contributed by atoms with Gasteiger partial charge in [0.15, 0.2) is 6.10 Å². The maximum Gasteiger partial charge on any atom is 0.313 e. The van der Waals surface area contributed by atoms with Crippen LogP contribution in [0.1, 0.15) is 47.5 Å². The predicted octanol–water partition coefficient (Wildman–Crippen LogP) is 1.28. The van der Waals surface area contributed by atoms with Crippen molar-refractivity contribution in [2.24, 2.45) is 0 Å². The molecule has 1 unspecified atom stereocenters. The molecule has 0 aromatic carbocycles. The summed E-state index contributed by atoms with van der Waals surface area (Å²) in [5.41, 5.74) is 0. The van der Waals surface area contributed by atoms with Gasteiger partial charge >= 0.3 is 11.9 Å². The van der Waals surface area contributed by atoms with Crippen molar-refractivity contribution in [3.05, 3.63) is 0 Å². The molecule has 138 valence electrons. The Kier molecular flexibility index (Phi) is 10.1. The van der Waals surface area contributed by atoms with E-state index in [4.69, 9.17) is 9.47 Å². The highest BCUT2D eigenvalue weighted by atomic mass is 16.6. The van der Waals surface area contributed by atoms with Crippen LogP contribution in [0.4, 0.5) is 0 Å². The number of ketones is 2. The lowest BCUT2D eigenvalue weighted by Crippen LogP contribution is -2.53. The third kappa shape index (κ3) is 8.76. The summed E-state index contributed by atoms with van der Waals surface area (Å²) in [4.78, 5) is 45.3. The number of carbonyl (C=O) groups excluding carboxylic acids is 4. The molecule has 7 heteroatoms. The number of Topliss-reactive ketones (excluding diaryl/α,β-unsaturated/α-hetero) is 2. The van der Waals surface area contributed by atoms with Crippen LogP contribution in [-0.2, 0) is 28.7 Å². The van der Waals surface area contributed by atoms with Gasteiger partial charge in [-0.25, -0.2) is 0 Å². The van der Waals surface area contributed by atoms with E-state index in [0.717, 1.165) is 19.6 Å². The Morgan fingerprint density at radius 2 is 1.29 bits per heavy atom. The van der Waals surface area contributed by atoms with Crippen molar-refractivity contribution in [3.8, 4) is 0 Å². The molecule has 0 aromatic heterocycles. The molecule has 0 saturated heterocycles. The van der Waals surface area contributed by atoms with Crippen molar-refractivity contribution in [1.29, 1.82) is 0 Å². The lowest BCUT2D eigenvalue weighted by molar-refractivity contribution is -0.925. The maximum absolute atomic E-state index is 11.8. The molecule has 0 aromatic rings. The summed E-state index contributed by atoms with van der Waals surface area (Å²) in [7, 11) is 0. The third-order valence-corrected chi connectivity index (χ3v) is 4.12. The van der Waals surface area contributed by atoms with Crippen LogP contribution in [0.3, 0.4) is 0 Å². The van der Waals surface area contributed by atoms with Gasteiger partial charge in [-0.2, -0.15) is 0 Å². The fourth-order valence-corrected chi connectivity index (χ4v) is 2.49. The molecule has 0 bridgehead atoms. The van der Waals surface area contributed by atoms with Crippen LogP contribution in [0.15, 0.2) is 0 Å². The summed E-state index contributed by atoms with van der Waals surface area (Å²) in [5.74, 6) is -1.84. The molecule has 0 spiro atoms. The molecule has 0 aliphatic rings. The van der Waals surface area contributed by atoms with Crippen LogP contribution >= 0.6 is 0 Å². The Morgan fingerprint density at radius 1 is 0.833 bits per heavy atom. The second kappa shape index (κ2) is 10.9. The summed E-state index contributed by atoms with van der Waals surface area (Å²) in [6.45, 7) is 11.7. The van der Waals surface area contributed by atoms with E-state index in [1.165, 1.54) is 13.8 Å². The topological polar surface area (TPSA) is 86.7 Å². The molecule has 0 fully saturated rings. The van der Waals surface area contributed by atoms with E-state index in [1.54, 1.807) is 0 Å². The summed E-state index contributed by atoms with van der Waals surface area (Å²) >= 11 is 0. The molecule has 0 radical (unpaired) electrons. The first kappa shape index (κ1) is 22.2. The Hall–Kier alpha value is -1.76. The maximum atomic E-state index is 11.8. The number of carbonyl (C=O) groups is 4. The highest BCUT2D eigenvalue weighted by Crippen LogP contribution is 2.11. The standard InChI is InChI=1S/C17H30NO6/c1-6-18(7-2,8-3)11-15(24-17(22)10-14(5)20)12-23-16(21)9-13(4)19/h15H,6-12H2,1-5H3/q+1. The van der Waals surface area contributed by atoms with Gasteiger partial charge in [0.2, 0.25) is 0 Å². The van der Waals surface area contributed by atoms with Crippen molar-refractivity contribution < 1.29 is 33.1 Å². The van der Waals surface area contributed by atoms with Crippen molar-refractivity contribution in [2.45, 2.75) is 53.6 Å². The van der Waals surface area contributed by atoms with Gasteiger partial charge in [0.1, 0.15) is 37.6 Å². The molecule has 0 rings (SSSR count). The van der Waals surface area contributed by atoms with E-state index in [2.05, 4.69) is 0 Å². The highest BCUT2D eigenvalue weighted by Gasteiger charge is 2.30. The lowest BCUT2D eigenvalue weighted by Gasteiger charge is -2.38. The van der Waals surface area contributed by atoms with Crippen LogP contribution in [0, 0.1) is 0 Å². The number of hydrogen-bond donors (Lipinski definition) is 0. The minimum absolute atomic E-state index is 0.115. The average Bonchev–Trinajstić information content (AvgIpc) is 2.48. The number of quaternary nitrogens is 1. The smallest absolute Gasteiger partial charge is 0.313 e. The number of rotatable bonds is 12. The highest BCUT2D eigenvalue weighted by molar-refractivity contribution is 5.94. The van der Waals surface area contributed by atoms with E-state index in [0.29, 0.717) is 11.0 Å². The van der Waals surface area contributed by atoms with Gasteiger partial charge in [0, 0.05) is 0 Å². The number of hydrogen-bond acceptors (Lipinski definition) is 6. The molecule has 0 amide bonds. The van der Waals surface area contributed by atoms with Crippen molar-refractivity contribution in [2.75, 3.05) is 32.8 Å². The summed E-state index contributed by atoms with van der Waals surface area (Å²) in [6.07, 6.45) is -1.25. The minimum atomic E-state index is -0.646. The van der Waals surface area contributed by atoms with E-state index >= 15 is 0 Å². The van der Waals surface area contributed by atoms with Gasteiger partial charge in [-0.3, -0.25) is 19.2 Å². The minimum Gasteiger partial charge on any atom is -0.461 e. The summed E-state index contributed by atoms with van der Waals surface area (Å²) < 4.78 is 11.1. The van der Waals surface area contributed by atoms with Crippen LogP contribution in [0.2, 0.25) is 0 Å². The third-order valence-electron chi connectivity index (χ3n) is 4.12. The molecule has 7 nitrogen and oxygen atoms in total. The van der Waals surface area contributed by atoms with Crippen molar-refractivity contribution in [1.82, 2.24) is 0 Å². The molecule has 0 heterocycles. The largest absolute Gasteiger partial charge is 0.461 e. The zero-order valence-electron chi connectivity index (χ0n) is 15.4. The first-order chi connectivity index (χ1) is 11.2. The van der Waals surface area contributed by atoms with Crippen molar-refractivity contribution in [3.63, 3.8) is 0 Å². The molecule has 0 aliphatic carbocycles. The number of esters is 2. The SMILES string of the molecule is CC[N+](CC)(CC)CC(COC(=O)CC(C)=O)OC(=O)CC(C)=O. The number of likely N-dealkylation sites (N-methyl/N-ethyl adjacent to an activating group) is 1.